The molecule has 0 spiro atoms. The van der Waals surface area contributed by atoms with E-state index >= 15 is 0 Å². The average Bonchev–Trinajstić information content (AvgIpc) is 1.94. The second-order valence-corrected chi connectivity index (χ2v) is 3.04. The van der Waals surface area contributed by atoms with Gasteiger partial charge in [0.15, 0.2) is 0 Å². The van der Waals surface area contributed by atoms with Gasteiger partial charge in [0, 0.05) is 0 Å². The molecule has 0 aromatic rings. The van der Waals surface area contributed by atoms with E-state index in [9.17, 15) is 35.9 Å². The van der Waals surface area contributed by atoms with E-state index in [4.69, 9.17) is 0 Å². The number of hydrogen-bond acceptors (Lipinski definition) is 2. The van der Waals surface area contributed by atoms with Gasteiger partial charge in [-0.25, -0.2) is 0 Å². The fourth-order valence-electron chi connectivity index (χ4n) is 0.756. The summed E-state index contributed by atoms with van der Waals surface area (Å²) >= 11 is 4.46. The fraction of sp³-hybridized carbons (Fsp3) is 0.667. The van der Waals surface area contributed by atoms with Crippen LogP contribution in [0.15, 0.2) is 0 Å². The highest BCUT2D eigenvalue weighted by molar-refractivity contribution is 6.63. The molecule has 0 saturated carbocycles. The van der Waals surface area contributed by atoms with Gasteiger partial charge in [-0.1, -0.05) is 0 Å². The van der Waals surface area contributed by atoms with Gasteiger partial charge in [0.1, 0.15) is 6.29 Å². The van der Waals surface area contributed by atoms with E-state index in [0.717, 1.165) is 0 Å². The van der Waals surface area contributed by atoms with Crippen LogP contribution in [0.4, 0.5) is 26.3 Å². The first-order valence-corrected chi connectivity index (χ1v) is 3.64. The second kappa shape index (κ2) is 3.99. The highest BCUT2D eigenvalue weighted by Gasteiger charge is 2.71. The van der Waals surface area contributed by atoms with Crippen LogP contribution in [0.2, 0.25) is 0 Å². The van der Waals surface area contributed by atoms with E-state index in [0.29, 0.717) is 0 Å². The maximum absolute atomic E-state index is 12.1. The summed E-state index contributed by atoms with van der Waals surface area (Å²) in [6.07, 6.45) is -15.4. The zero-order chi connectivity index (χ0) is 12.5. The van der Waals surface area contributed by atoms with Crippen LogP contribution >= 0.6 is 11.6 Å². The number of halogens is 7. The minimum absolute atomic E-state index is 1.35. The first-order valence-electron chi connectivity index (χ1n) is 3.26. The zero-order valence-electron chi connectivity index (χ0n) is 6.75. The molecule has 0 rings (SSSR count). The molecule has 0 N–H and O–H groups in total. The van der Waals surface area contributed by atoms with Crippen molar-refractivity contribution in [2.75, 3.05) is 0 Å². The lowest BCUT2D eigenvalue weighted by Crippen LogP contribution is -2.52. The standard InChI is InChI=1S/C6H3ClF6O2/c7-3(15)1-4(2-14,5(8,9)10)6(11,12)13/h2H,1H2. The van der Waals surface area contributed by atoms with Crippen molar-refractivity contribution in [1.29, 1.82) is 0 Å². The molecule has 0 bridgehead atoms. The number of carbonyl (C=O) groups excluding carboxylic acids is 2. The van der Waals surface area contributed by atoms with Crippen molar-refractivity contribution >= 4 is 23.1 Å². The van der Waals surface area contributed by atoms with Crippen LogP contribution < -0.4 is 0 Å². The molecule has 0 radical (unpaired) electrons. The Balaban J connectivity index is 5.52. The van der Waals surface area contributed by atoms with Crippen LogP contribution in [0, 0.1) is 5.41 Å². The Morgan fingerprint density at radius 2 is 1.40 bits per heavy atom. The molecule has 88 valence electrons. The fourth-order valence-corrected chi connectivity index (χ4v) is 0.966. The Kier molecular flexibility index (Phi) is 3.78. The van der Waals surface area contributed by atoms with Crippen LogP contribution in [0.5, 0.6) is 0 Å². The van der Waals surface area contributed by atoms with Gasteiger partial charge in [0.05, 0.1) is 6.42 Å². The Morgan fingerprint density at radius 1 is 1.07 bits per heavy atom. The number of hydrogen-bond donors (Lipinski definition) is 0. The van der Waals surface area contributed by atoms with Gasteiger partial charge in [0.2, 0.25) is 10.7 Å². The van der Waals surface area contributed by atoms with Gasteiger partial charge < -0.3 is 4.79 Å². The Labute approximate surface area is 84.2 Å². The summed E-state index contributed by atoms with van der Waals surface area (Å²) in [5.74, 6) is 0. The molecule has 0 heterocycles. The largest absolute Gasteiger partial charge is 0.410 e. The molecule has 0 aliphatic heterocycles. The molecule has 2 nitrogen and oxygen atoms in total. The minimum Gasteiger partial charge on any atom is -0.302 e. The van der Waals surface area contributed by atoms with Gasteiger partial charge in [-0.3, -0.25) is 4.79 Å². The maximum Gasteiger partial charge on any atom is 0.410 e. The molecule has 0 aliphatic carbocycles. The van der Waals surface area contributed by atoms with Gasteiger partial charge in [-0.15, -0.1) is 0 Å². The quantitative estimate of drug-likeness (QED) is 0.442. The minimum atomic E-state index is -5.92. The molecule has 0 fully saturated rings. The van der Waals surface area contributed by atoms with E-state index in [2.05, 4.69) is 11.6 Å². The SMILES string of the molecule is O=CC(CC(=O)Cl)(C(F)(F)F)C(F)(F)F. The second-order valence-electron chi connectivity index (χ2n) is 2.62. The zero-order valence-corrected chi connectivity index (χ0v) is 7.50. The summed E-state index contributed by atoms with van der Waals surface area (Å²) in [6.45, 7) is 0. The van der Waals surface area contributed by atoms with Crippen molar-refractivity contribution in [3.8, 4) is 0 Å². The summed E-state index contributed by atoms with van der Waals surface area (Å²) in [5.41, 5.74) is -4.72. The Morgan fingerprint density at radius 3 is 1.47 bits per heavy atom. The molecular weight excluding hydrogens is 254 g/mol. The maximum atomic E-state index is 12.1. The molecule has 0 aliphatic rings. The third-order valence-corrected chi connectivity index (χ3v) is 1.76. The van der Waals surface area contributed by atoms with Crippen molar-refractivity contribution in [3.63, 3.8) is 0 Å². The van der Waals surface area contributed by atoms with Gasteiger partial charge in [0.25, 0.3) is 0 Å². The molecular formula is C6H3ClF6O2. The Hall–Kier alpha value is -0.790. The summed E-state index contributed by atoms with van der Waals surface area (Å²) in [4.78, 5) is 20.1. The van der Waals surface area contributed by atoms with Crippen molar-refractivity contribution in [2.24, 2.45) is 5.41 Å². The molecule has 0 amide bonds. The molecule has 0 aromatic heterocycles. The van der Waals surface area contributed by atoms with Crippen molar-refractivity contribution in [3.05, 3.63) is 0 Å². The number of rotatable bonds is 3. The smallest absolute Gasteiger partial charge is 0.302 e. The summed E-state index contributed by atoms with van der Waals surface area (Å²) < 4.78 is 72.4. The molecule has 15 heavy (non-hydrogen) atoms. The third-order valence-electron chi connectivity index (χ3n) is 1.63. The monoisotopic (exact) mass is 256 g/mol. The topological polar surface area (TPSA) is 34.1 Å². The highest BCUT2D eigenvalue weighted by Crippen LogP contribution is 2.51. The lowest BCUT2D eigenvalue weighted by Gasteiger charge is -2.30. The van der Waals surface area contributed by atoms with Gasteiger partial charge >= 0.3 is 12.4 Å². The van der Waals surface area contributed by atoms with E-state index in [1.807, 2.05) is 0 Å². The molecule has 0 atom stereocenters. The van der Waals surface area contributed by atoms with Crippen LogP contribution in [-0.4, -0.2) is 23.9 Å². The van der Waals surface area contributed by atoms with E-state index < -0.39 is 35.7 Å². The predicted molar refractivity (Wildman–Crippen MR) is 36.1 cm³/mol. The number of carbonyl (C=O) groups is 2. The highest BCUT2D eigenvalue weighted by atomic mass is 35.5. The summed E-state index contributed by atoms with van der Waals surface area (Å²) in [6, 6.07) is 0. The Bertz CT molecular complexity index is 254. The van der Waals surface area contributed by atoms with Crippen molar-refractivity contribution in [1.82, 2.24) is 0 Å². The number of aldehydes is 1. The summed E-state index contributed by atoms with van der Waals surface area (Å²) in [5, 5.41) is -1.89. The number of alkyl halides is 6. The predicted octanol–water partition coefficient (Wildman–Crippen LogP) is 2.45. The first-order chi connectivity index (χ1) is 6.48. The van der Waals surface area contributed by atoms with E-state index in [-0.39, 0.29) is 0 Å². The molecule has 9 heteroatoms. The third kappa shape index (κ3) is 2.61. The van der Waals surface area contributed by atoms with E-state index in [1.54, 1.807) is 0 Å². The van der Waals surface area contributed by atoms with Gasteiger partial charge in [-0.05, 0) is 11.6 Å². The van der Waals surface area contributed by atoms with Crippen molar-refractivity contribution < 1.29 is 35.9 Å². The van der Waals surface area contributed by atoms with E-state index in [1.165, 1.54) is 0 Å². The van der Waals surface area contributed by atoms with Crippen LogP contribution in [0.1, 0.15) is 6.42 Å². The summed E-state index contributed by atoms with van der Waals surface area (Å²) in [7, 11) is 0. The van der Waals surface area contributed by atoms with Crippen molar-refractivity contribution in [2.45, 2.75) is 18.8 Å². The lowest BCUT2D eigenvalue weighted by molar-refractivity contribution is -0.319. The van der Waals surface area contributed by atoms with Crippen LogP contribution in [0.3, 0.4) is 0 Å². The molecule has 0 saturated heterocycles. The normalized spacial score (nSPS) is 13.8. The van der Waals surface area contributed by atoms with Gasteiger partial charge in [-0.2, -0.15) is 26.3 Å². The first kappa shape index (κ1) is 14.2. The van der Waals surface area contributed by atoms with Crippen LogP contribution in [0.25, 0.3) is 0 Å². The molecule has 0 aromatic carbocycles. The molecule has 0 unspecified atom stereocenters. The average molecular weight is 257 g/mol. The lowest BCUT2D eigenvalue weighted by atomic mass is 9.85. The van der Waals surface area contributed by atoms with Crippen LogP contribution in [-0.2, 0) is 9.59 Å².